The predicted molar refractivity (Wildman–Crippen MR) is 101 cm³/mol. The van der Waals surface area contributed by atoms with Gasteiger partial charge >= 0.3 is 0 Å². The largest absolute Gasteiger partial charge is 0.467 e. The molecule has 0 bridgehead atoms. The highest BCUT2D eigenvalue weighted by atomic mass is 79.9. The summed E-state index contributed by atoms with van der Waals surface area (Å²) in [5, 5.41) is 2.68. The summed E-state index contributed by atoms with van der Waals surface area (Å²) >= 11 is 3.30. The standard InChI is InChI=1S/C18H15BrN2O4S/c19-14-6-8-15(9-7-14)21-26(23,24)17-5-1-3-13(11-17)18(22)20-12-16-4-2-10-25-16/h1-11,21H,12H2,(H,20,22). The van der Waals surface area contributed by atoms with Gasteiger partial charge in [0.15, 0.2) is 0 Å². The smallest absolute Gasteiger partial charge is 0.261 e. The third-order valence-corrected chi connectivity index (χ3v) is 5.41. The number of furan rings is 1. The lowest BCUT2D eigenvalue weighted by atomic mass is 10.2. The molecule has 0 saturated carbocycles. The maximum Gasteiger partial charge on any atom is 0.261 e. The third kappa shape index (κ3) is 4.53. The Labute approximate surface area is 159 Å². The molecule has 1 amide bonds. The van der Waals surface area contributed by atoms with Crippen LogP contribution >= 0.6 is 15.9 Å². The Balaban J connectivity index is 1.74. The van der Waals surface area contributed by atoms with Crippen molar-refractivity contribution in [3.05, 3.63) is 82.7 Å². The number of hydrogen-bond acceptors (Lipinski definition) is 4. The number of benzene rings is 2. The average Bonchev–Trinajstić information content (AvgIpc) is 3.15. The van der Waals surface area contributed by atoms with Crippen LogP contribution in [0.15, 0.2) is 80.7 Å². The molecule has 1 aromatic heterocycles. The van der Waals surface area contributed by atoms with E-state index in [0.29, 0.717) is 11.4 Å². The van der Waals surface area contributed by atoms with Crippen LogP contribution in [0.4, 0.5) is 5.69 Å². The summed E-state index contributed by atoms with van der Waals surface area (Å²) < 4.78 is 33.6. The molecule has 0 aliphatic carbocycles. The van der Waals surface area contributed by atoms with Gasteiger partial charge in [-0.15, -0.1) is 0 Å². The molecule has 0 aliphatic heterocycles. The quantitative estimate of drug-likeness (QED) is 0.617. The molecule has 6 nitrogen and oxygen atoms in total. The van der Waals surface area contributed by atoms with Crippen LogP contribution in [0.2, 0.25) is 0 Å². The SMILES string of the molecule is O=C(NCc1ccco1)c1cccc(S(=O)(=O)Nc2ccc(Br)cc2)c1. The summed E-state index contributed by atoms with van der Waals surface area (Å²) in [5.41, 5.74) is 0.677. The number of sulfonamides is 1. The maximum atomic E-state index is 12.5. The second-order valence-corrected chi connectivity index (χ2v) is 8.00. The van der Waals surface area contributed by atoms with Crippen molar-refractivity contribution in [2.45, 2.75) is 11.4 Å². The molecule has 134 valence electrons. The van der Waals surface area contributed by atoms with Crippen LogP contribution in [0, 0.1) is 0 Å². The number of rotatable bonds is 6. The molecule has 3 aromatic rings. The van der Waals surface area contributed by atoms with Crippen molar-refractivity contribution in [2.75, 3.05) is 4.72 Å². The number of carbonyl (C=O) groups excluding carboxylic acids is 1. The molecule has 0 atom stereocenters. The molecule has 26 heavy (non-hydrogen) atoms. The van der Waals surface area contributed by atoms with E-state index in [1.54, 1.807) is 42.5 Å². The lowest BCUT2D eigenvalue weighted by molar-refractivity contribution is 0.0948. The van der Waals surface area contributed by atoms with E-state index in [0.717, 1.165) is 4.47 Å². The number of anilines is 1. The van der Waals surface area contributed by atoms with Crippen LogP contribution in [0.25, 0.3) is 0 Å². The van der Waals surface area contributed by atoms with Gasteiger partial charge in [0.2, 0.25) is 0 Å². The van der Waals surface area contributed by atoms with Gasteiger partial charge in [-0.25, -0.2) is 8.42 Å². The van der Waals surface area contributed by atoms with Crippen LogP contribution in [0.1, 0.15) is 16.1 Å². The first-order chi connectivity index (χ1) is 12.4. The number of carbonyl (C=O) groups is 1. The number of amides is 1. The fourth-order valence-corrected chi connectivity index (χ4v) is 3.59. The van der Waals surface area contributed by atoms with E-state index in [-0.39, 0.29) is 22.9 Å². The Kier molecular flexibility index (Phi) is 5.43. The average molecular weight is 435 g/mol. The second kappa shape index (κ2) is 7.76. The molecular weight excluding hydrogens is 420 g/mol. The van der Waals surface area contributed by atoms with Crippen LogP contribution < -0.4 is 10.0 Å². The molecular formula is C18H15BrN2O4S. The Morgan fingerprint density at radius 3 is 2.50 bits per heavy atom. The van der Waals surface area contributed by atoms with E-state index >= 15 is 0 Å². The van der Waals surface area contributed by atoms with Crippen LogP contribution in [0.5, 0.6) is 0 Å². The van der Waals surface area contributed by atoms with Crippen LogP contribution in [-0.2, 0) is 16.6 Å². The molecule has 0 spiro atoms. The molecule has 0 unspecified atom stereocenters. The fraction of sp³-hybridized carbons (Fsp3) is 0.0556. The second-order valence-electron chi connectivity index (χ2n) is 5.40. The van der Waals surface area contributed by atoms with Crippen molar-refractivity contribution in [3.8, 4) is 0 Å². The summed E-state index contributed by atoms with van der Waals surface area (Å²) in [7, 11) is -3.80. The third-order valence-electron chi connectivity index (χ3n) is 3.51. The lowest BCUT2D eigenvalue weighted by Gasteiger charge is -2.10. The number of hydrogen-bond donors (Lipinski definition) is 2. The van der Waals surface area contributed by atoms with Gasteiger partial charge in [-0.05, 0) is 54.6 Å². The minimum absolute atomic E-state index is 0.00562. The zero-order valence-electron chi connectivity index (χ0n) is 13.5. The maximum absolute atomic E-state index is 12.5. The zero-order chi connectivity index (χ0) is 18.6. The van der Waals surface area contributed by atoms with Crippen molar-refractivity contribution in [1.29, 1.82) is 0 Å². The van der Waals surface area contributed by atoms with Gasteiger partial charge in [-0.3, -0.25) is 9.52 Å². The van der Waals surface area contributed by atoms with E-state index in [9.17, 15) is 13.2 Å². The fourth-order valence-electron chi connectivity index (χ4n) is 2.22. The van der Waals surface area contributed by atoms with Crippen molar-refractivity contribution in [3.63, 3.8) is 0 Å². The molecule has 2 N–H and O–H groups in total. The first-order valence-electron chi connectivity index (χ1n) is 7.63. The normalized spacial score (nSPS) is 11.1. The Bertz CT molecular complexity index is 1000. The van der Waals surface area contributed by atoms with Gasteiger partial charge in [0.25, 0.3) is 15.9 Å². The van der Waals surface area contributed by atoms with Crippen molar-refractivity contribution < 1.29 is 17.6 Å². The minimum Gasteiger partial charge on any atom is -0.467 e. The highest BCUT2D eigenvalue weighted by Gasteiger charge is 2.16. The van der Waals surface area contributed by atoms with E-state index in [2.05, 4.69) is 26.0 Å². The minimum atomic E-state index is -3.80. The molecule has 3 rings (SSSR count). The Morgan fingerprint density at radius 2 is 1.81 bits per heavy atom. The van der Waals surface area contributed by atoms with Crippen molar-refractivity contribution in [2.24, 2.45) is 0 Å². The summed E-state index contributed by atoms with van der Waals surface area (Å²) in [6.45, 7) is 0.222. The van der Waals surface area contributed by atoms with Gasteiger partial charge < -0.3 is 9.73 Å². The van der Waals surface area contributed by atoms with E-state index in [4.69, 9.17) is 4.42 Å². The molecule has 0 fully saturated rings. The first-order valence-corrected chi connectivity index (χ1v) is 9.91. The van der Waals surface area contributed by atoms with Crippen molar-refractivity contribution in [1.82, 2.24) is 5.32 Å². The highest BCUT2D eigenvalue weighted by Crippen LogP contribution is 2.19. The van der Waals surface area contributed by atoms with E-state index < -0.39 is 10.0 Å². The summed E-state index contributed by atoms with van der Waals surface area (Å²) in [5.74, 6) is 0.223. The van der Waals surface area contributed by atoms with E-state index in [1.165, 1.54) is 24.5 Å². The van der Waals surface area contributed by atoms with Crippen LogP contribution in [-0.4, -0.2) is 14.3 Å². The van der Waals surface area contributed by atoms with Gasteiger partial charge in [-0.2, -0.15) is 0 Å². The summed E-state index contributed by atoms with van der Waals surface area (Å²) in [6.07, 6.45) is 1.52. The predicted octanol–water partition coefficient (Wildman–Crippen LogP) is 3.77. The Morgan fingerprint density at radius 1 is 1.04 bits per heavy atom. The van der Waals surface area contributed by atoms with Gasteiger partial charge in [0.1, 0.15) is 5.76 Å². The first kappa shape index (κ1) is 18.2. The molecule has 0 saturated heterocycles. The lowest BCUT2D eigenvalue weighted by Crippen LogP contribution is -2.23. The zero-order valence-corrected chi connectivity index (χ0v) is 15.9. The Hall–Kier alpha value is -2.58. The summed E-state index contributed by atoms with van der Waals surface area (Å²) in [6, 6.07) is 16.1. The number of halogens is 1. The molecule has 2 aromatic carbocycles. The number of nitrogens with one attached hydrogen (secondary N) is 2. The molecule has 8 heteroatoms. The van der Waals surface area contributed by atoms with E-state index in [1.807, 2.05) is 0 Å². The molecule has 0 radical (unpaired) electrons. The van der Waals surface area contributed by atoms with Crippen LogP contribution in [0.3, 0.4) is 0 Å². The molecule has 0 aliphatic rings. The molecule has 1 heterocycles. The van der Waals surface area contributed by atoms with Gasteiger partial charge in [-0.1, -0.05) is 22.0 Å². The summed E-state index contributed by atoms with van der Waals surface area (Å²) in [4.78, 5) is 12.2. The van der Waals surface area contributed by atoms with Crippen molar-refractivity contribution >= 4 is 37.5 Å². The monoisotopic (exact) mass is 434 g/mol. The van der Waals surface area contributed by atoms with Gasteiger partial charge in [0, 0.05) is 15.7 Å². The highest BCUT2D eigenvalue weighted by molar-refractivity contribution is 9.10. The topological polar surface area (TPSA) is 88.4 Å². The van der Waals surface area contributed by atoms with Gasteiger partial charge in [0.05, 0.1) is 17.7 Å².